The van der Waals surface area contributed by atoms with Gasteiger partial charge in [-0.15, -0.1) is 6.42 Å². The van der Waals surface area contributed by atoms with Crippen LogP contribution in [0.5, 0.6) is 5.75 Å². The first-order chi connectivity index (χ1) is 10.8. The molecule has 2 aliphatic carbocycles. The zero-order valence-electron chi connectivity index (χ0n) is 13.4. The minimum absolute atomic E-state index is 0.681. The summed E-state index contributed by atoms with van der Waals surface area (Å²) in [7, 11) is 0. The highest BCUT2D eigenvalue weighted by Crippen LogP contribution is 2.29. The molecule has 0 saturated heterocycles. The van der Waals surface area contributed by atoms with Gasteiger partial charge in [-0.25, -0.2) is 0 Å². The van der Waals surface area contributed by atoms with Crippen LogP contribution < -0.4 is 4.74 Å². The fraction of sp³-hybridized carbons (Fsp3) is 0.300. The Balaban J connectivity index is 0.000000238. The molecular weight excluding hydrogens is 270 g/mol. The molecule has 0 aliphatic heterocycles. The molecule has 0 radical (unpaired) electrons. The fourth-order valence-electron chi connectivity index (χ4n) is 2.20. The van der Waals surface area contributed by atoms with E-state index in [1.165, 1.54) is 11.1 Å². The molecule has 0 fully saturated rings. The quantitative estimate of drug-likeness (QED) is 0.636. The van der Waals surface area contributed by atoms with Crippen LogP contribution in [0.25, 0.3) is 11.1 Å². The predicted molar refractivity (Wildman–Crippen MR) is 93.1 cm³/mol. The highest BCUT2D eigenvalue weighted by molar-refractivity contribution is 5.75. The van der Waals surface area contributed by atoms with Crippen molar-refractivity contribution in [1.82, 2.24) is 4.90 Å². The standard InChI is InChI=1S/C14H19NO.C6H4/c1-4-13-9-7-8-10-14(13)16-12-11-15(5-2)6-3;1-2-6-4-3-5(1)6/h1,7-10H,5-6,11-12H2,2-3H3;1-4H. The number of hydrogen-bond donors (Lipinski definition) is 0. The van der Waals surface area contributed by atoms with E-state index in [1.54, 1.807) is 0 Å². The molecule has 1 aromatic rings. The van der Waals surface area contributed by atoms with Gasteiger partial charge in [-0.3, -0.25) is 0 Å². The first-order valence-corrected chi connectivity index (χ1v) is 7.79. The number of nitrogens with zero attached hydrogens (tertiary/aromatic N) is 1. The third-order valence-corrected chi connectivity index (χ3v) is 3.82. The highest BCUT2D eigenvalue weighted by Gasteiger charge is 2.04. The smallest absolute Gasteiger partial charge is 0.134 e. The molecule has 22 heavy (non-hydrogen) atoms. The van der Waals surface area contributed by atoms with Crippen LogP contribution in [0.1, 0.15) is 19.4 Å². The van der Waals surface area contributed by atoms with Crippen LogP contribution in [0, 0.1) is 12.3 Å². The minimum Gasteiger partial charge on any atom is -0.491 e. The molecule has 0 atom stereocenters. The van der Waals surface area contributed by atoms with Crippen LogP contribution in [0.2, 0.25) is 0 Å². The van der Waals surface area contributed by atoms with E-state index in [2.05, 4.69) is 48.9 Å². The van der Waals surface area contributed by atoms with Gasteiger partial charge in [-0.2, -0.15) is 0 Å². The number of ether oxygens (including phenoxy) is 1. The summed E-state index contributed by atoms with van der Waals surface area (Å²) in [6, 6.07) is 16.2. The summed E-state index contributed by atoms with van der Waals surface area (Å²) >= 11 is 0. The predicted octanol–water partition coefficient (Wildman–Crippen LogP) is 4.06. The summed E-state index contributed by atoms with van der Waals surface area (Å²) in [6.45, 7) is 8.03. The second-order valence-corrected chi connectivity index (χ2v) is 5.09. The van der Waals surface area contributed by atoms with Crippen molar-refractivity contribution in [3.8, 4) is 29.2 Å². The summed E-state index contributed by atoms with van der Waals surface area (Å²) in [4.78, 5) is 2.32. The monoisotopic (exact) mass is 293 g/mol. The average Bonchev–Trinajstić information content (AvgIpc) is 2.56. The van der Waals surface area contributed by atoms with E-state index in [9.17, 15) is 0 Å². The van der Waals surface area contributed by atoms with Crippen LogP contribution in [0.4, 0.5) is 0 Å². The van der Waals surface area contributed by atoms with E-state index >= 15 is 0 Å². The van der Waals surface area contributed by atoms with Gasteiger partial charge in [-0.05, 0) is 36.3 Å². The van der Waals surface area contributed by atoms with Gasteiger partial charge in [0.15, 0.2) is 0 Å². The number of rotatable bonds is 6. The molecule has 0 amide bonds. The second-order valence-electron chi connectivity index (χ2n) is 5.09. The molecular formula is C20H23NO. The number of hydrogen-bond acceptors (Lipinski definition) is 2. The number of likely N-dealkylation sites (N-methyl/N-ethyl adjacent to an activating group) is 1. The normalized spacial score (nSPS) is 10.5. The summed E-state index contributed by atoms with van der Waals surface area (Å²) in [5.74, 6) is 3.43. The average molecular weight is 293 g/mol. The zero-order valence-corrected chi connectivity index (χ0v) is 13.4. The Kier molecular flexibility index (Phi) is 6.06. The summed E-state index contributed by atoms with van der Waals surface area (Å²) in [5.41, 5.74) is 3.67. The van der Waals surface area contributed by atoms with Gasteiger partial charge in [-0.1, -0.05) is 56.2 Å². The Labute approximate surface area is 133 Å². The van der Waals surface area contributed by atoms with Gasteiger partial charge in [0, 0.05) is 6.54 Å². The fourth-order valence-corrected chi connectivity index (χ4v) is 2.20. The van der Waals surface area contributed by atoms with Gasteiger partial charge in [0.05, 0.1) is 5.56 Å². The first kappa shape index (κ1) is 16.1. The van der Waals surface area contributed by atoms with Crippen molar-refractivity contribution < 1.29 is 4.74 Å². The lowest BCUT2D eigenvalue weighted by Gasteiger charge is -2.18. The largest absolute Gasteiger partial charge is 0.491 e. The topological polar surface area (TPSA) is 12.5 Å². The van der Waals surface area contributed by atoms with Gasteiger partial charge < -0.3 is 9.64 Å². The molecule has 1 aromatic carbocycles. The van der Waals surface area contributed by atoms with Crippen molar-refractivity contribution in [3.63, 3.8) is 0 Å². The number of benzene rings is 2. The lowest BCUT2D eigenvalue weighted by Crippen LogP contribution is -2.28. The van der Waals surface area contributed by atoms with Crippen LogP contribution in [0.15, 0.2) is 48.5 Å². The molecule has 2 aliphatic rings. The van der Waals surface area contributed by atoms with Crippen molar-refractivity contribution in [2.75, 3.05) is 26.2 Å². The Hall–Kier alpha value is -2.24. The summed E-state index contributed by atoms with van der Waals surface area (Å²) < 4.78 is 5.68. The lowest BCUT2D eigenvalue weighted by atomic mass is 9.95. The maximum Gasteiger partial charge on any atom is 0.134 e. The summed E-state index contributed by atoms with van der Waals surface area (Å²) in [5, 5.41) is 0. The van der Waals surface area contributed by atoms with Gasteiger partial charge in [0.2, 0.25) is 0 Å². The number of fused-ring (bicyclic) bond motifs is 1. The molecule has 3 rings (SSSR count). The molecule has 0 spiro atoms. The van der Waals surface area contributed by atoms with Crippen LogP contribution >= 0.6 is 0 Å². The molecule has 0 N–H and O–H groups in total. The van der Waals surface area contributed by atoms with E-state index in [0.29, 0.717) is 6.61 Å². The maximum absolute atomic E-state index is 5.68. The molecule has 0 heterocycles. The number of para-hydroxylation sites is 1. The van der Waals surface area contributed by atoms with Gasteiger partial charge in [0.25, 0.3) is 0 Å². The van der Waals surface area contributed by atoms with Crippen molar-refractivity contribution in [2.45, 2.75) is 13.8 Å². The van der Waals surface area contributed by atoms with Crippen molar-refractivity contribution >= 4 is 0 Å². The van der Waals surface area contributed by atoms with E-state index in [0.717, 1.165) is 30.9 Å². The SMILES string of the molecule is C#Cc1ccccc1OCCN(CC)CC.c1cc2ccc1-2. The molecule has 0 unspecified atom stereocenters. The molecule has 0 aromatic heterocycles. The van der Waals surface area contributed by atoms with E-state index in [1.807, 2.05) is 24.3 Å². The van der Waals surface area contributed by atoms with Crippen LogP contribution in [-0.2, 0) is 0 Å². The molecule has 0 saturated carbocycles. The van der Waals surface area contributed by atoms with Crippen LogP contribution in [0.3, 0.4) is 0 Å². The third kappa shape index (κ3) is 4.13. The maximum atomic E-state index is 5.68. The van der Waals surface area contributed by atoms with Crippen molar-refractivity contribution in [1.29, 1.82) is 0 Å². The van der Waals surface area contributed by atoms with Crippen molar-refractivity contribution in [3.05, 3.63) is 54.1 Å². The third-order valence-electron chi connectivity index (χ3n) is 3.82. The highest BCUT2D eigenvalue weighted by atomic mass is 16.5. The second kappa shape index (κ2) is 8.26. The molecule has 2 heteroatoms. The Morgan fingerprint density at radius 1 is 0.955 bits per heavy atom. The molecule has 2 nitrogen and oxygen atoms in total. The molecule has 114 valence electrons. The minimum atomic E-state index is 0.681. The number of terminal acetylenes is 1. The Morgan fingerprint density at radius 3 is 2.00 bits per heavy atom. The Bertz CT molecular complexity index is 600. The van der Waals surface area contributed by atoms with E-state index in [-0.39, 0.29) is 0 Å². The van der Waals surface area contributed by atoms with Crippen LogP contribution in [-0.4, -0.2) is 31.1 Å². The van der Waals surface area contributed by atoms with Gasteiger partial charge in [0.1, 0.15) is 12.4 Å². The van der Waals surface area contributed by atoms with E-state index in [4.69, 9.17) is 11.2 Å². The molecule has 0 bridgehead atoms. The lowest BCUT2D eigenvalue weighted by molar-refractivity contribution is 0.222. The first-order valence-electron chi connectivity index (χ1n) is 7.79. The van der Waals surface area contributed by atoms with Crippen molar-refractivity contribution in [2.24, 2.45) is 0 Å². The summed E-state index contributed by atoms with van der Waals surface area (Å²) in [6.07, 6.45) is 5.39. The zero-order chi connectivity index (χ0) is 15.8. The van der Waals surface area contributed by atoms with Gasteiger partial charge >= 0.3 is 0 Å². The Morgan fingerprint density at radius 2 is 1.55 bits per heavy atom. The van der Waals surface area contributed by atoms with E-state index < -0.39 is 0 Å².